The van der Waals surface area contributed by atoms with Crippen molar-refractivity contribution in [3.63, 3.8) is 0 Å². The van der Waals surface area contributed by atoms with E-state index >= 15 is 0 Å². The summed E-state index contributed by atoms with van der Waals surface area (Å²) in [5.74, 6) is -1.32. The number of aryl methyl sites for hydroxylation is 1. The zero-order valence-electron chi connectivity index (χ0n) is 10.6. The van der Waals surface area contributed by atoms with E-state index in [2.05, 4.69) is 0 Å². The molecule has 3 N–H and O–H groups in total. The fourth-order valence-electron chi connectivity index (χ4n) is 1.71. The summed E-state index contributed by atoms with van der Waals surface area (Å²) in [6.07, 6.45) is 0.229. The summed E-state index contributed by atoms with van der Waals surface area (Å²) in [7, 11) is 0. The zero-order chi connectivity index (χ0) is 14.1. The highest BCUT2D eigenvalue weighted by Gasteiger charge is 2.30. The summed E-state index contributed by atoms with van der Waals surface area (Å²) in [5, 5.41) is 9.29. The molecule has 0 aliphatic carbocycles. The molecule has 0 fully saturated rings. The van der Waals surface area contributed by atoms with Crippen molar-refractivity contribution in [2.45, 2.75) is 33.2 Å². The number of nitrogens with two attached hydrogens (primary N) is 1. The normalized spacial score (nSPS) is 13.4. The van der Waals surface area contributed by atoms with E-state index < -0.39 is 23.2 Å². The topological polar surface area (TPSA) is 63.3 Å². The lowest BCUT2D eigenvalue weighted by atomic mass is 9.83. The number of carboxylic acids is 1. The summed E-state index contributed by atoms with van der Waals surface area (Å²) in [5.41, 5.74) is 6.03. The molecule has 0 spiro atoms. The van der Waals surface area contributed by atoms with Gasteiger partial charge in [0.25, 0.3) is 0 Å². The van der Waals surface area contributed by atoms with Gasteiger partial charge in [-0.2, -0.15) is 0 Å². The first-order valence-corrected chi connectivity index (χ1v) is 5.97. The maximum absolute atomic E-state index is 13.3. The van der Waals surface area contributed by atoms with Gasteiger partial charge < -0.3 is 10.8 Å². The van der Waals surface area contributed by atoms with Crippen molar-refractivity contribution < 1.29 is 14.3 Å². The van der Waals surface area contributed by atoms with E-state index in [-0.39, 0.29) is 11.4 Å². The van der Waals surface area contributed by atoms with Crippen LogP contribution < -0.4 is 5.73 Å². The van der Waals surface area contributed by atoms with Gasteiger partial charge in [0.1, 0.15) is 5.82 Å². The second-order valence-electron chi connectivity index (χ2n) is 5.12. The molecule has 1 atom stereocenters. The third-order valence-electron chi connectivity index (χ3n) is 2.99. The lowest BCUT2D eigenvalue weighted by molar-refractivity contribution is -0.147. The molecule has 18 heavy (non-hydrogen) atoms. The first-order valence-electron chi connectivity index (χ1n) is 5.59. The number of rotatable bonds is 4. The van der Waals surface area contributed by atoms with Crippen molar-refractivity contribution in [1.29, 1.82) is 0 Å². The number of benzene rings is 1. The van der Waals surface area contributed by atoms with Gasteiger partial charge in [0.2, 0.25) is 0 Å². The van der Waals surface area contributed by atoms with E-state index in [1.807, 2.05) is 0 Å². The third kappa shape index (κ3) is 3.21. The standard InChI is InChI=1S/C13H17ClFNO2/c1-7-4-8(9(14)5-10(7)15)11(16)6-13(2,3)12(17)18/h4-5,11H,6,16H2,1-3H3,(H,17,18). The molecule has 0 bridgehead atoms. The number of aliphatic carboxylic acids is 1. The van der Waals surface area contributed by atoms with E-state index in [0.29, 0.717) is 11.1 Å². The molecule has 0 amide bonds. The molecule has 0 saturated carbocycles. The van der Waals surface area contributed by atoms with Gasteiger partial charge in [0.05, 0.1) is 5.41 Å². The highest BCUT2D eigenvalue weighted by molar-refractivity contribution is 6.31. The molecule has 3 nitrogen and oxygen atoms in total. The first-order chi connectivity index (χ1) is 8.15. The molecule has 0 aliphatic rings. The molecule has 1 rings (SSSR count). The number of carbonyl (C=O) groups is 1. The van der Waals surface area contributed by atoms with E-state index in [1.165, 1.54) is 6.07 Å². The largest absolute Gasteiger partial charge is 0.481 e. The van der Waals surface area contributed by atoms with Gasteiger partial charge in [0.15, 0.2) is 0 Å². The van der Waals surface area contributed by atoms with Gasteiger partial charge in [-0.15, -0.1) is 0 Å². The van der Waals surface area contributed by atoms with E-state index in [1.54, 1.807) is 26.8 Å². The van der Waals surface area contributed by atoms with Gasteiger partial charge in [0, 0.05) is 11.1 Å². The molecule has 0 heterocycles. The predicted molar refractivity (Wildman–Crippen MR) is 69.1 cm³/mol. The Kier molecular flexibility index (Phi) is 4.35. The van der Waals surface area contributed by atoms with E-state index in [9.17, 15) is 9.18 Å². The fourth-order valence-corrected chi connectivity index (χ4v) is 2.00. The molecule has 0 radical (unpaired) electrons. The van der Waals surface area contributed by atoms with Crippen LogP contribution in [-0.2, 0) is 4.79 Å². The molecule has 5 heteroatoms. The summed E-state index contributed by atoms with van der Waals surface area (Å²) in [4.78, 5) is 11.0. The smallest absolute Gasteiger partial charge is 0.309 e. The Balaban J connectivity index is 3.01. The average molecular weight is 274 g/mol. The summed E-state index contributed by atoms with van der Waals surface area (Å²) in [6.45, 7) is 4.81. The first kappa shape index (κ1) is 14.9. The maximum atomic E-state index is 13.3. The van der Waals surface area contributed by atoms with Crippen LogP contribution in [0.25, 0.3) is 0 Å². The van der Waals surface area contributed by atoms with Crippen molar-refractivity contribution in [3.8, 4) is 0 Å². The monoisotopic (exact) mass is 273 g/mol. The Bertz CT molecular complexity index is 474. The average Bonchev–Trinajstić information content (AvgIpc) is 2.22. The highest BCUT2D eigenvalue weighted by atomic mass is 35.5. The van der Waals surface area contributed by atoms with Gasteiger partial charge >= 0.3 is 5.97 Å². The minimum absolute atomic E-state index is 0.229. The maximum Gasteiger partial charge on any atom is 0.309 e. The summed E-state index contributed by atoms with van der Waals surface area (Å²) < 4.78 is 13.3. The van der Waals surface area contributed by atoms with Crippen molar-refractivity contribution >= 4 is 17.6 Å². The van der Waals surface area contributed by atoms with Crippen molar-refractivity contribution in [1.82, 2.24) is 0 Å². The lowest BCUT2D eigenvalue weighted by Crippen LogP contribution is -2.29. The van der Waals surface area contributed by atoms with Gasteiger partial charge in [-0.3, -0.25) is 4.79 Å². The van der Waals surface area contributed by atoms with Crippen LogP contribution in [0.2, 0.25) is 5.02 Å². The fraction of sp³-hybridized carbons (Fsp3) is 0.462. The van der Waals surface area contributed by atoms with Crippen LogP contribution >= 0.6 is 11.6 Å². The second-order valence-corrected chi connectivity index (χ2v) is 5.53. The highest BCUT2D eigenvalue weighted by Crippen LogP contribution is 2.33. The van der Waals surface area contributed by atoms with Crippen LogP contribution in [0.15, 0.2) is 12.1 Å². The SMILES string of the molecule is Cc1cc(C(N)CC(C)(C)C(=O)O)c(Cl)cc1F. The van der Waals surface area contributed by atoms with Crippen LogP contribution in [0, 0.1) is 18.2 Å². The minimum Gasteiger partial charge on any atom is -0.481 e. The number of halogens is 2. The summed E-state index contributed by atoms with van der Waals surface area (Å²) >= 11 is 5.94. The molecular weight excluding hydrogens is 257 g/mol. The Morgan fingerprint density at radius 3 is 2.61 bits per heavy atom. The number of hydrogen-bond acceptors (Lipinski definition) is 2. The number of carboxylic acid groups (broad SMARTS) is 1. The van der Waals surface area contributed by atoms with Crippen LogP contribution in [0.4, 0.5) is 4.39 Å². The molecule has 0 saturated heterocycles. The molecular formula is C13H17ClFNO2. The van der Waals surface area contributed by atoms with E-state index in [0.717, 1.165) is 0 Å². The van der Waals surface area contributed by atoms with Crippen molar-refractivity contribution in [3.05, 3.63) is 34.1 Å². The van der Waals surface area contributed by atoms with Crippen LogP contribution in [0.3, 0.4) is 0 Å². The lowest BCUT2D eigenvalue weighted by Gasteiger charge is -2.24. The Morgan fingerprint density at radius 1 is 1.56 bits per heavy atom. The van der Waals surface area contributed by atoms with Gasteiger partial charge in [-0.25, -0.2) is 4.39 Å². The second kappa shape index (κ2) is 5.24. The Morgan fingerprint density at radius 2 is 2.11 bits per heavy atom. The molecule has 100 valence electrons. The zero-order valence-corrected chi connectivity index (χ0v) is 11.4. The molecule has 1 aromatic carbocycles. The van der Waals surface area contributed by atoms with Crippen molar-refractivity contribution in [2.24, 2.45) is 11.1 Å². The van der Waals surface area contributed by atoms with Gasteiger partial charge in [-0.1, -0.05) is 17.7 Å². The number of hydrogen-bond donors (Lipinski definition) is 2. The van der Waals surface area contributed by atoms with Crippen LogP contribution in [-0.4, -0.2) is 11.1 Å². The minimum atomic E-state index is -0.953. The molecule has 0 aliphatic heterocycles. The molecule has 0 aromatic heterocycles. The van der Waals surface area contributed by atoms with Crippen molar-refractivity contribution in [2.75, 3.05) is 0 Å². The van der Waals surface area contributed by atoms with Crippen LogP contribution in [0.5, 0.6) is 0 Å². The Labute approximate surface area is 111 Å². The van der Waals surface area contributed by atoms with Crippen LogP contribution in [0.1, 0.15) is 37.4 Å². The molecule has 1 unspecified atom stereocenters. The van der Waals surface area contributed by atoms with Gasteiger partial charge in [-0.05, 0) is 44.4 Å². The quantitative estimate of drug-likeness (QED) is 0.885. The Hall–Kier alpha value is -1.13. The van der Waals surface area contributed by atoms with E-state index in [4.69, 9.17) is 22.4 Å². The summed E-state index contributed by atoms with van der Waals surface area (Å²) in [6, 6.07) is 2.24. The predicted octanol–water partition coefficient (Wildman–Crippen LogP) is 3.29. The third-order valence-corrected chi connectivity index (χ3v) is 3.31. The molecule has 1 aromatic rings.